The Bertz CT molecular complexity index is 456. The molecule has 2 N–H and O–H groups in total. The highest BCUT2D eigenvalue weighted by molar-refractivity contribution is 7.99. The third-order valence-electron chi connectivity index (χ3n) is 3.68. The Balaban J connectivity index is 1.97. The highest BCUT2D eigenvalue weighted by Crippen LogP contribution is 2.22. The lowest BCUT2D eigenvalue weighted by atomic mass is 10.0. The first-order valence-electron chi connectivity index (χ1n) is 7.41. The zero-order valence-corrected chi connectivity index (χ0v) is 13.2. The maximum atomic E-state index is 12.3. The molecule has 1 heterocycles. The summed E-state index contributed by atoms with van der Waals surface area (Å²) in [5.41, 5.74) is 2.86. The van der Waals surface area contributed by atoms with Crippen molar-refractivity contribution < 1.29 is 4.79 Å². The van der Waals surface area contributed by atoms with Gasteiger partial charge in [-0.1, -0.05) is 6.07 Å². The number of hydrogen-bond acceptors (Lipinski definition) is 3. The van der Waals surface area contributed by atoms with Gasteiger partial charge in [0.1, 0.15) is 0 Å². The van der Waals surface area contributed by atoms with Crippen molar-refractivity contribution in [3.05, 3.63) is 29.3 Å². The van der Waals surface area contributed by atoms with Crippen LogP contribution in [0.15, 0.2) is 18.2 Å². The molecule has 0 spiro atoms. The molecule has 0 aliphatic carbocycles. The van der Waals surface area contributed by atoms with Crippen LogP contribution >= 0.6 is 11.8 Å². The molecule has 0 bridgehead atoms. The molecule has 20 heavy (non-hydrogen) atoms. The monoisotopic (exact) mass is 292 g/mol. The van der Waals surface area contributed by atoms with Crippen molar-refractivity contribution in [2.45, 2.75) is 26.7 Å². The second-order valence-corrected chi connectivity index (χ2v) is 6.57. The summed E-state index contributed by atoms with van der Waals surface area (Å²) in [6.45, 7) is 5.72. The summed E-state index contributed by atoms with van der Waals surface area (Å²) in [6.07, 6.45) is 2.44. The van der Waals surface area contributed by atoms with E-state index >= 15 is 0 Å². The Morgan fingerprint density at radius 1 is 1.35 bits per heavy atom. The van der Waals surface area contributed by atoms with E-state index in [0.717, 1.165) is 24.3 Å². The van der Waals surface area contributed by atoms with Crippen molar-refractivity contribution in [1.29, 1.82) is 0 Å². The van der Waals surface area contributed by atoms with Gasteiger partial charge in [-0.2, -0.15) is 11.8 Å². The zero-order chi connectivity index (χ0) is 14.4. The minimum Gasteiger partial charge on any atom is -0.385 e. The average Bonchev–Trinajstić information content (AvgIpc) is 2.46. The lowest BCUT2D eigenvalue weighted by Crippen LogP contribution is -2.31. The highest BCUT2D eigenvalue weighted by Gasteiger charge is 2.16. The molecular formula is C16H24N2OS. The normalized spacial score (nSPS) is 15.9. The van der Waals surface area contributed by atoms with E-state index in [2.05, 4.69) is 10.6 Å². The molecule has 1 fully saturated rings. The lowest BCUT2D eigenvalue weighted by Gasteiger charge is -2.22. The fraction of sp³-hybridized carbons (Fsp3) is 0.562. The Morgan fingerprint density at radius 2 is 2.10 bits per heavy atom. The Hall–Kier alpha value is -1.16. The average molecular weight is 292 g/mol. The summed E-state index contributed by atoms with van der Waals surface area (Å²) in [4.78, 5) is 12.3. The van der Waals surface area contributed by atoms with Crippen molar-refractivity contribution in [3.8, 4) is 0 Å². The summed E-state index contributed by atoms with van der Waals surface area (Å²) < 4.78 is 0. The van der Waals surface area contributed by atoms with Gasteiger partial charge in [-0.15, -0.1) is 0 Å². The van der Waals surface area contributed by atoms with Crippen molar-refractivity contribution >= 4 is 23.4 Å². The fourth-order valence-corrected chi connectivity index (χ4v) is 3.68. The highest BCUT2D eigenvalue weighted by atomic mass is 32.2. The van der Waals surface area contributed by atoms with E-state index in [9.17, 15) is 4.79 Å². The van der Waals surface area contributed by atoms with Gasteiger partial charge in [0, 0.05) is 18.8 Å². The molecule has 0 atom stereocenters. The minimum absolute atomic E-state index is 0.0409. The third kappa shape index (κ3) is 4.17. The van der Waals surface area contributed by atoms with Gasteiger partial charge in [0.05, 0.1) is 5.56 Å². The van der Waals surface area contributed by atoms with Crippen LogP contribution in [0.2, 0.25) is 0 Å². The maximum Gasteiger partial charge on any atom is 0.253 e. The summed E-state index contributed by atoms with van der Waals surface area (Å²) in [7, 11) is 0. The number of carbonyl (C=O) groups is 1. The van der Waals surface area contributed by atoms with E-state index in [0.29, 0.717) is 5.92 Å². The van der Waals surface area contributed by atoms with Crippen LogP contribution in [-0.4, -0.2) is 30.5 Å². The standard InChI is InChI=1S/C16H24N2OS/c1-3-17-15-10-12(2)4-5-14(15)16(19)18-11-13-6-8-20-9-7-13/h4-5,10,13,17H,3,6-9,11H2,1-2H3,(H,18,19). The number of nitrogens with one attached hydrogen (secondary N) is 2. The molecule has 0 radical (unpaired) electrons. The molecule has 0 saturated carbocycles. The van der Waals surface area contributed by atoms with Crippen LogP contribution < -0.4 is 10.6 Å². The molecule has 1 amide bonds. The summed E-state index contributed by atoms with van der Waals surface area (Å²) in [5.74, 6) is 3.15. The molecule has 1 aromatic carbocycles. The van der Waals surface area contributed by atoms with Crippen molar-refractivity contribution in [2.24, 2.45) is 5.92 Å². The maximum absolute atomic E-state index is 12.3. The number of aryl methyl sites for hydroxylation is 1. The SMILES string of the molecule is CCNc1cc(C)ccc1C(=O)NCC1CCSCC1. The Kier molecular flexibility index (Phi) is 5.77. The van der Waals surface area contributed by atoms with E-state index in [-0.39, 0.29) is 5.91 Å². The molecule has 0 aromatic heterocycles. The number of anilines is 1. The van der Waals surface area contributed by atoms with Crippen LogP contribution in [0.1, 0.15) is 35.7 Å². The van der Waals surface area contributed by atoms with Gasteiger partial charge in [0.15, 0.2) is 0 Å². The van der Waals surface area contributed by atoms with E-state index in [1.54, 1.807) is 0 Å². The first-order chi connectivity index (χ1) is 9.70. The van der Waals surface area contributed by atoms with Gasteiger partial charge >= 0.3 is 0 Å². The van der Waals surface area contributed by atoms with E-state index in [4.69, 9.17) is 0 Å². The fourth-order valence-electron chi connectivity index (χ4n) is 2.48. The smallest absolute Gasteiger partial charge is 0.253 e. The zero-order valence-electron chi connectivity index (χ0n) is 12.4. The third-order valence-corrected chi connectivity index (χ3v) is 4.73. The van der Waals surface area contributed by atoms with Gasteiger partial charge in [0.2, 0.25) is 0 Å². The largest absolute Gasteiger partial charge is 0.385 e. The molecule has 110 valence electrons. The van der Waals surface area contributed by atoms with Gasteiger partial charge in [-0.3, -0.25) is 4.79 Å². The summed E-state index contributed by atoms with van der Waals surface area (Å²) >= 11 is 2.02. The van der Waals surface area contributed by atoms with Crippen LogP contribution in [0.3, 0.4) is 0 Å². The predicted molar refractivity (Wildman–Crippen MR) is 87.7 cm³/mol. The minimum atomic E-state index is 0.0409. The summed E-state index contributed by atoms with van der Waals surface area (Å²) in [6, 6.07) is 5.95. The molecule has 1 saturated heterocycles. The first-order valence-corrected chi connectivity index (χ1v) is 8.56. The number of amides is 1. The van der Waals surface area contributed by atoms with Crippen LogP contribution in [0, 0.1) is 12.8 Å². The Morgan fingerprint density at radius 3 is 2.80 bits per heavy atom. The number of benzene rings is 1. The van der Waals surface area contributed by atoms with Gasteiger partial charge in [0.25, 0.3) is 5.91 Å². The topological polar surface area (TPSA) is 41.1 Å². The second-order valence-electron chi connectivity index (χ2n) is 5.35. The number of hydrogen-bond donors (Lipinski definition) is 2. The first kappa shape index (κ1) is 15.2. The molecule has 1 aromatic rings. The van der Waals surface area contributed by atoms with E-state index in [1.807, 2.05) is 43.8 Å². The predicted octanol–water partition coefficient (Wildman–Crippen LogP) is 3.30. The molecule has 1 aliphatic heterocycles. The van der Waals surface area contributed by atoms with Gasteiger partial charge < -0.3 is 10.6 Å². The number of carbonyl (C=O) groups excluding carboxylic acids is 1. The van der Waals surface area contributed by atoms with Crippen molar-refractivity contribution in [3.63, 3.8) is 0 Å². The molecular weight excluding hydrogens is 268 g/mol. The molecule has 0 unspecified atom stereocenters. The number of thioether (sulfide) groups is 1. The quantitative estimate of drug-likeness (QED) is 0.875. The van der Waals surface area contributed by atoms with E-state index < -0.39 is 0 Å². The molecule has 1 aliphatic rings. The van der Waals surface area contributed by atoms with Crippen LogP contribution in [0.4, 0.5) is 5.69 Å². The molecule has 2 rings (SSSR count). The van der Waals surface area contributed by atoms with E-state index in [1.165, 1.54) is 29.9 Å². The second kappa shape index (κ2) is 7.58. The van der Waals surface area contributed by atoms with Crippen LogP contribution in [-0.2, 0) is 0 Å². The lowest BCUT2D eigenvalue weighted by molar-refractivity contribution is 0.0947. The van der Waals surface area contributed by atoms with Crippen LogP contribution in [0.25, 0.3) is 0 Å². The molecule has 4 heteroatoms. The van der Waals surface area contributed by atoms with Crippen molar-refractivity contribution in [1.82, 2.24) is 5.32 Å². The number of rotatable bonds is 5. The molecule has 3 nitrogen and oxygen atoms in total. The summed E-state index contributed by atoms with van der Waals surface area (Å²) in [5, 5.41) is 6.37. The van der Waals surface area contributed by atoms with Crippen LogP contribution in [0.5, 0.6) is 0 Å². The van der Waals surface area contributed by atoms with Gasteiger partial charge in [-0.05, 0) is 61.8 Å². The van der Waals surface area contributed by atoms with Gasteiger partial charge in [-0.25, -0.2) is 0 Å². The Labute approximate surface area is 125 Å². The van der Waals surface area contributed by atoms with Crippen molar-refractivity contribution in [2.75, 3.05) is 29.9 Å².